The summed E-state index contributed by atoms with van der Waals surface area (Å²) in [7, 11) is 0. The average molecular weight is 328 g/mol. The minimum Gasteiger partial charge on any atom is -0.396 e. The molecule has 0 heterocycles. The molecule has 1 N–H and O–H groups in total. The van der Waals surface area contributed by atoms with Gasteiger partial charge < -0.3 is 5.11 Å². The molecule has 8 atom stereocenters. The predicted molar refractivity (Wildman–Crippen MR) is 94.3 cm³/mol. The summed E-state index contributed by atoms with van der Waals surface area (Å²) in [5, 5.41) is 9.97. The van der Waals surface area contributed by atoms with Crippen molar-refractivity contribution in [3.05, 3.63) is 11.1 Å². The molecule has 1 spiro atoms. The highest BCUT2D eigenvalue weighted by Crippen LogP contribution is 2.83. The molecule has 4 saturated carbocycles. The molecule has 0 bridgehead atoms. The van der Waals surface area contributed by atoms with Gasteiger partial charge in [-0.1, -0.05) is 19.4 Å². The molecule has 0 radical (unpaired) electrons. The lowest BCUT2D eigenvalue weighted by atomic mass is 9.46. The summed E-state index contributed by atoms with van der Waals surface area (Å²) in [6, 6.07) is 0. The van der Waals surface area contributed by atoms with Gasteiger partial charge in [-0.15, -0.1) is 0 Å². The summed E-state index contributed by atoms with van der Waals surface area (Å²) in [5.74, 6) is 4.88. The van der Waals surface area contributed by atoms with Gasteiger partial charge in [-0.2, -0.15) is 0 Å². The Labute approximate surface area is 146 Å². The Morgan fingerprint density at radius 3 is 2.83 bits per heavy atom. The van der Waals surface area contributed by atoms with E-state index in [1.165, 1.54) is 31.3 Å². The molecule has 0 saturated heterocycles. The van der Waals surface area contributed by atoms with Gasteiger partial charge in [0.1, 0.15) is 0 Å². The Morgan fingerprint density at radius 2 is 2.08 bits per heavy atom. The first-order valence-corrected chi connectivity index (χ1v) is 10.3. The first-order valence-electron chi connectivity index (χ1n) is 10.3. The first kappa shape index (κ1) is 15.6. The van der Waals surface area contributed by atoms with Crippen molar-refractivity contribution in [2.45, 2.75) is 65.7 Å². The Hall–Kier alpha value is -0.630. The molecule has 0 aromatic carbocycles. The third kappa shape index (κ3) is 1.60. The third-order valence-corrected chi connectivity index (χ3v) is 9.66. The first-order chi connectivity index (χ1) is 11.4. The molecule has 2 nitrogen and oxygen atoms in total. The van der Waals surface area contributed by atoms with Crippen molar-refractivity contribution in [3.63, 3.8) is 0 Å². The lowest BCUT2D eigenvalue weighted by Crippen LogP contribution is -2.52. The van der Waals surface area contributed by atoms with E-state index in [0.717, 1.165) is 42.6 Å². The third-order valence-electron chi connectivity index (χ3n) is 9.66. The number of Topliss-reactive ketones (excluding diaryl/α,β-unsaturated/α-hetero) is 1. The largest absolute Gasteiger partial charge is 0.396 e. The van der Waals surface area contributed by atoms with Crippen molar-refractivity contribution in [3.8, 4) is 0 Å². The lowest BCUT2D eigenvalue weighted by Gasteiger charge is -2.58. The quantitative estimate of drug-likeness (QED) is 0.776. The Morgan fingerprint density at radius 1 is 1.29 bits per heavy atom. The zero-order valence-corrected chi connectivity index (χ0v) is 15.5. The van der Waals surface area contributed by atoms with Crippen molar-refractivity contribution in [2.75, 3.05) is 6.61 Å². The van der Waals surface area contributed by atoms with E-state index in [4.69, 9.17) is 0 Å². The zero-order chi connectivity index (χ0) is 16.9. The van der Waals surface area contributed by atoms with Gasteiger partial charge in [0, 0.05) is 13.0 Å². The van der Waals surface area contributed by atoms with Crippen LogP contribution in [0.25, 0.3) is 0 Å². The molecule has 5 aliphatic carbocycles. The number of carbonyl (C=O) groups is 1. The molecular weight excluding hydrogens is 296 g/mol. The molecule has 4 unspecified atom stereocenters. The average Bonchev–Trinajstić information content (AvgIpc) is 3.21. The number of aliphatic hydroxyl groups excluding tert-OH is 1. The van der Waals surface area contributed by atoms with Crippen LogP contribution in [0.3, 0.4) is 0 Å². The van der Waals surface area contributed by atoms with Crippen molar-refractivity contribution in [2.24, 2.45) is 46.3 Å². The molecule has 5 rings (SSSR count). The predicted octanol–water partition coefficient (Wildman–Crippen LogP) is 4.37. The van der Waals surface area contributed by atoms with Crippen molar-refractivity contribution in [1.82, 2.24) is 0 Å². The molecule has 0 aliphatic heterocycles. The molecule has 132 valence electrons. The number of rotatable bonds is 1. The van der Waals surface area contributed by atoms with Gasteiger partial charge in [0.25, 0.3) is 0 Å². The second-order valence-corrected chi connectivity index (χ2v) is 10.1. The molecule has 0 aromatic heterocycles. The monoisotopic (exact) mass is 328 g/mol. The highest BCUT2D eigenvalue weighted by atomic mass is 16.3. The van der Waals surface area contributed by atoms with E-state index >= 15 is 0 Å². The maximum atomic E-state index is 12.2. The van der Waals surface area contributed by atoms with E-state index < -0.39 is 0 Å². The number of carbonyl (C=O) groups excluding carboxylic acids is 1. The summed E-state index contributed by atoms with van der Waals surface area (Å²) in [4.78, 5) is 12.2. The SMILES string of the molecule is CC1=C2CC(C)[C@@H]3[C@H](CC[C@]4(C)C(CO)CC5CC534)[C@H]2CCC1=O. The molecule has 5 aliphatic rings. The van der Waals surface area contributed by atoms with Gasteiger partial charge in [0.05, 0.1) is 0 Å². The van der Waals surface area contributed by atoms with Crippen LogP contribution >= 0.6 is 0 Å². The van der Waals surface area contributed by atoms with Gasteiger partial charge in [-0.3, -0.25) is 4.79 Å². The Kier molecular flexibility index (Phi) is 3.09. The van der Waals surface area contributed by atoms with Crippen LogP contribution in [-0.4, -0.2) is 17.5 Å². The van der Waals surface area contributed by atoms with E-state index in [1.54, 1.807) is 0 Å². The van der Waals surface area contributed by atoms with E-state index in [9.17, 15) is 9.90 Å². The molecule has 0 aromatic rings. The normalized spacial score (nSPS) is 55.6. The fourth-order valence-corrected chi connectivity index (χ4v) is 8.59. The number of hydrogen-bond acceptors (Lipinski definition) is 2. The van der Waals surface area contributed by atoms with Crippen LogP contribution < -0.4 is 0 Å². The highest BCUT2D eigenvalue weighted by molar-refractivity contribution is 5.96. The van der Waals surface area contributed by atoms with Gasteiger partial charge in [0.15, 0.2) is 5.78 Å². The van der Waals surface area contributed by atoms with Gasteiger partial charge in [-0.05, 0) is 97.4 Å². The van der Waals surface area contributed by atoms with Crippen LogP contribution in [0.4, 0.5) is 0 Å². The smallest absolute Gasteiger partial charge is 0.158 e. The van der Waals surface area contributed by atoms with Crippen LogP contribution in [0.15, 0.2) is 11.1 Å². The van der Waals surface area contributed by atoms with E-state index in [1.807, 2.05) is 0 Å². The van der Waals surface area contributed by atoms with Crippen molar-refractivity contribution < 1.29 is 9.90 Å². The minimum absolute atomic E-state index is 0.378. The second kappa shape index (κ2) is 4.75. The lowest BCUT2D eigenvalue weighted by molar-refractivity contribution is -0.118. The van der Waals surface area contributed by atoms with Crippen LogP contribution in [0.1, 0.15) is 65.7 Å². The number of allylic oxidation sites excluding steroid dienone is 1. The van der Waals surface area contributed by atoms with Crippen LogP contribution in [-0.2, 0) is 4.79 Å². The molecular formula is C22H32O2. The fraction of sp³-hybridized carbons (Fsp3) is 0.864. The van der Waals surface area contributed by atoms with Gasteiger partial charge >= 0.3 is 0 Å². The number of aliphatic hydroxyl groups is 1. The summed E-state index contributed by atoms with van der Waals surface area (Å²) in [6.45, 7) is 7.47. The van der Waals surface area contributed by atoms with E-state index in [2.05, 4.69) is 20.8 Å². The minimum atomic E-state index is 0.378. The molecule has 0 amide bonds. The van der Waals surface area contributed by atoms with E-state index in [-0.39, 0.29) is 0 Å². The summed E-state index contributed by atoms with van der Waals surface area (Å²) >= 11 is 0. The maximum absolute atomic E-state index is 12.2. The fourth-order valence-electron chi connectivity index (χ4n) is 8.59. The topological polar surface area (TPSA) is 37.3 Å². The number of hydrogen-bond donors (Lipinski definition) is 1. The highest BCUT2D eigenvalue weighted by Gasteiger charge is 2.77. The Balaban J connectivity index is 1.56. The molecule has 4 fully saturated rings. The molecule has 2 heteroatoms. The van der Waals surface area contributed by atoms with Crippen molar-refractivity contribution in [1.29, 1.82) is 0 Å². The maximum Gasteiger partial charge on any atom is 0.158 e. The second-order valence-electron chi connectivity index (χ2n) is 10.1. The number of fused-ring (bicyclic) bond motifs is 3. The van der Waals surface area contributed by atoms with Gasteiger partial charge in [0.2, 0.25) is 0 Å². The van der Waals surface area contributed by atoms with Gasteiger partial charge in [-0.25, -0.2) is 0 Å². The zero-order valence-electron chi connectivity index (χ0n) is 15.5. The Bertz CT molecular complexity index is 634. The van der Waals surface area contributed by atoms with Crippen molar-refractivity contribution >= 4 is 5.78 Å². The summed E-state index contributed by atoms with van der Waals surface area (Å²) in [5.41, 5.74) is 3.56. The van der Waals surface area contributed by atoms with Crippen LogP contribution in [0.2, 0.25) is 0 Å². The summed E-state index contributed by atoms with van der Waals surface area (Å²) < 4.78 is 0. The standard InChI is InChI=1S/C22H32O2/c1-12-8-18-13(2)19(24)5-4-16(18)17-6-7-21(3)15(11-23)9-14-10-22(14,21)20(12)17/h12,14-17,20,23H,4-11H2,1-3H3/t12?,14?,15?,16-,17-,20-,21-,22?/m1/s1. The van der Waals surface area contributed by atoms with Crippen LogP contribution in [0, 0.1) is 46.3 Å². The van der Waals surface area contributed by atoms with E-state index in [0.29, 0.717) is 41.0 Å². The molecule has 24 heavy (non-hydrogen) atoms. The van der Waals surface area contributed by atoms with Crippen LogP contribution in [0.5, 0.6) is 0 Å². The summed E-state index contributed by atoms with van der Waals surface area (Å²) in [6.07, 6.45) is 8.39. The number of ketones is 1.